The van der Waals surface area contributed by atoms with Gasteiger partial charge < -0.3 is 5.32 Å². The first-order valence-corrected chi connectivity index (χ1v) is 9.52. The summed E-state index contributed by atoms with van der Waals surface area (Å²) >= 11 is 9.23. The molecular formula is C20H16BrClFN3O2. The van der Waals surface area contributed by atoms with E-state index >= 15 is 0 Å². The lowest BCUT2D eigenvalue weighted by Crippen LogP contribution is -2.31. The van der Waals surface area contributed by atoms with Crippen LogP contribution in [-0.2, 0) is 11.3 Å². The Balaban J connectivity index is 2.00. The van der Waals surface area contributed by atoms with Gasteiger partial charge in [-0.25, -0.2) is 9.37 Å². The summed E-state index contributed by atoms with van der Waals surface area (Å²) in [5.41, 5.74) is 1.30. The Morgan fingerprint density at radius 2 is 2.00 bits per heavy atom. The van der Waals surface area contributed by atoms with Crippen molar-refractivity contribution in [1.29, 1.82) is 0 Å². The Kier molecular flexibility index (Phi) is 5.96. The lowest BCUT2D eigenvalue weighted by Gasteiger charge is -2.15. The van der Waals surface area contributed by atoms with E-state index in [9.17, 15) is 14.0 Å². The molecule has 0 aliphatic rings. The fourth-order valence-electron chi connectivity index (χ4n) is 2.68. The molecule has 0 unspecified atom stereocenters. The van der Waals surface area contributed by atoms with Crippen LogP contribution in [0.2, 0.25) is 5.02 Å². The van der Waals surface area contributed by atoms with Crippen LogP contribution in [0.15, 0.2) is 51.7 Å². The van der Waals surface area contributed by atoms with Crippen molar-refractivity contribution in [3.05, 3.63) is 79.4 Å². The fourth-order valence-corrected chi connectivity index (χ4v) is 3.20. The number of nitrogens with zero attached hydrogens (tertiary/aromatic N) is 2. The summed E-state index contributed by atoms with van der Waals surface area (Å²) in [6.07, 6.45) is 0. The van der Waals surface area contributed by atoms with Crippen molar-refractivity contribution in [2.45, 2.75) is 20.4 Å². The Labute approximate surface area is 174 Å². The smallest absolute Gasteiger partial charge is 0.257 e. The second-order valence-corrected chi connectivity index (χ2v) is 7.57. The van der Waals surface area contributed by atoms with Gasteiger partial charge in [0.05, 0.1) is 5.69 Å². The predicted octanol–water partition coefficient (Wildman–Crippen LogP) is 4.72. The van der Waals surface area contributed by atoms with Gasteiger partial charge in [0.15, 0.2) is 0 Å². The van der Waals surface area contributed by atoms with E-state index in [4.69, 9.17) is 11.6 Å². The summed E-state index contributed by atoms with van der Waals surface area (Å²) < 4.78 is 15.8. The average molecular weight is 465 g/mol. The van der Waals surface area contributed by atoms with E-state index in [1.807, 2.05) is 0 Å². The number of anilines is 1. The monoisotopic (exact) mass is 463 g/mol. The number of hydrogen-bond donors (Lipinski definition) is 1. The van der Waals surface area contributed by atoms with Crippen LogP contribution in [0.25, 0.3) is 11.4 Å². The number of halogens is 3. The van der Waals surface area contributed by atoms with Crippen molar-refractivity contribution >= 4 is 39.1 Å². The first kappa shape index (κ1) is 20.2. The van der Waals surface area contributed by atoms with Crippen LogP contribution in [0.5, 0.6) is 0 Å². The molecule has 0 radical (unpaired) electrons. The highest BCUT2D eigenvalue weighted by molar-refractivity contribution is 9.10. The molecule has 1 N–H and O–H groups in total. The van der Waals surface area contributed by atoms with Gasteiger partial charge in [0, 0.05) is 26.3 Å². The third-order valence-electron chi connectivity index (χ3n) is 4.23. The second-order valence-electron chi connectivity index (χ2n) is 6.22. The molecule has 5 nitrogen and oxygen atoms in total. The highest BCUT2D eigenvalue weighted by Crippen LogP contribution is 2.22. The van der Waals surface area contributed by atoms with Gasteiger partial charge in [-0.05, 0) is 44.2 Å². The first-order valence-electron chi connectivity index (χ1n) is 8.35. The van der Waals surface area contributed by atoms with Gasteiger partial charge in [0.1, 0.15) is 18.2 Å². The number of amides is 1. The Morgan fingerprint density at radius 3 is 2.68 bits per heavy atom. The third kappa shape index (κ3) is 4.31. The van der Waals surface area contributed by atoms with Gasteiger partial charge in [-0.2, -0.15) is 0 Å². The number of rotatable bonds is 4. The molecule has 0 aliphatic heterocycles. The molecule has 0 saturated heterocycles. The van der Waals surface area contributed by atoms with Crippen LogP contribution in [-0.4, -0.2) is 15.5 Å². The topological polar surface area (TPSA) is 64.0 Å². The van der Waals surface area contributed by atoms with E-state index in [0.29, 0.717) is 32.1 Å². The molecule has 3 aromatic rings. The van der Waals surface area contributed by atoms with Crippen molar-refractivity contribution in [3.63, 3.8) is 0 Å². The van der Waals surface area contributed by atoms with Crippen LogP contribution in [0.4, 0.5) is 10.1 Å². The summed E-state index contributed by atoms with van der Waals surface area (Å²) in [5.74, 6) is -0.804. The number of nitrogens with one attached hydrogen (secondary N) is 1. The summed E-state index contributed by atoms with van der Waals surface area (Å²) in [5, 5.41) is 2.97. The highest BCUT2D eigenvalue weighted by Gasteiger charge is 2.17. The molecule has 3 rings (SSSR count). The number of aromatic nitrogens is 2. The first-order chi connectivity index (χ1) is 13.3. The standard InChI is InChI=1S/C20H16BrClFN3O2/c1-11-12(2)24-19(13-4-3-5-15(22)8-13)26(20(11)28)10-18(27)25-17-7-6-14(21)9-16(17)23/h3-9H,10H2,1-2H3,(H,25,27). The molecule has 0 aliphatic carbocycles. The SMILES string of the molecule is Cc1nc(-c2cccc(Cl)c2)n(CC(=O)Nc2ccc(Br)cc2F)c(=O)c1C. The van der Waals surface area contributed by atoms with Gasteiger partial charge in [0.2, 0.25) is 5.91 Å². The molecule has 0 spiro atoms. The molecule has 2 aromatic carbocycles. The van der Waals surface area contributed by atoms with E-state index < -0.39 is 11.7 Å². The van der Waals surface area contributed by atoms with Crippen LogP contribution >= 0.6 is 27.5 Å². The highest BCUT2D eigenvalue weighted by atomic mass is 79.9. The van der Waals surface area contributed by atoms with Crippen molar-refractivity contribution < 1.29 is 9.18 Å². The third-order valence-corrected chi connectivity index (χ3v) is 4.96. The van der Waals surface area contributed by atoms with E-state index in [-0.39, 0.29) is 17.8 Å². The van der Waals surface area contributed by atoms with Crippen molar-refractivity contribution in [1.82, 2.24) is 9.55 Å². The molecule has 28 heavy (non-hydrogen) atoms. The lowest BCUT2D eigenvalue weighted by molar-refractivity contribution is -0.116. The van der Waals surface area contributed by atoms with Crippen LogP contribution in [0.3, 0.4) is 0 Å². The van der Waals surface area contributed by atoms with Gasteiger partial charge >= 0.3 is 0 Å². The maximum Gasteiger partial charge on any atom is 0.257 e. The molecule has 0 saturated carbocycles. The maximum absolute atomic E-state index is 14.0. The zero-order valence-corrected chi connectivity index (χ0v) is 17.4. The largest absolute Gasteiger partial charge is 0.322 e. The van der Waals surface area contributed by atoms with Crippen molar-refractivity contribution in [3.8, 4) is 11.4 Å². The molecule has 1 heterocycles. The predicted molar refractivity (Wildman–Crippen MR) is 111 cm³/mol. The molecule has 1 amide bonds. The van der Waals surface area contributed by atoms with Crippen molar-refractivity contribution in [2.75, 3.05) is 5.32 Å². The molecule has 0 bridgehead atoms. The number of hydrogen-bond acceptors (Lipinski definition) is 3. The van der Waals surface area contributed by atoms with Crippen LogP contribution in [0.1, 0.15) is 11.3 Å². The lowest BCUT2D eigenvalue weighted by atomic mass is 10.1. The Morgan fingerprint density at radius 1 is 1.25 bits per heavy atom. The minimum absolute atomic E-state index is 0.0300. The Hall–Kier alpha value is -2.51. The minimum atomic E-state index is -0.580. The normalized spacial score (nSPS) is 10.8. The zero-order valence-electron chi connectivity index (χ0n) is 15.1. The zero-order chi connectivity index (χ0) is 20.4. The molecular weight excluding hydrogens is 449 g/mol. The van der Waals surface area contributed by atoms with Gasteiger partial charge in [-0.1, -0.05) is 39.7 Å². The summed E-state index contributed by atoms with van der Waals surface area (Å²) in [4.78, 5) is 29.8. The quantitative estimate of drug-likeness (QED) is 0.608. The Bertz CT molecular complexity index is 1130. The van der Waals surface area contributed by atoms with E-state index in [1.165, 1.54) is 16.7 Å². The number of benzene rings is 2. The number of aryl methyl sites for hydroxylation is 1. The minimum Gasteiger partial charge on any atom is -0.322 e. The average Bonchev–Trinajstić information content (AvgIpc) is 2.64. The van der Waals surface area contributed by atoms with Crippen LogP contribution in [0, 0.1) is 19.7 Å². The number of carbonyl (C=O) groups excluding carboxylic acids is 1. The van der Waals surface area contributed by atoms with Crippen LogP contribution < -0.4 is 10.9 Å². The number of carbonyl (C=O) groups is 1. The van der Waals surface area contributed by atoms with Gasteiger partial charge in [-0.15, -0.1) is 0 Å². The molecule has 0 fully saturated rings. The van der Waals surface area contributed by atoms with E-state index in [2.05, 4.69) is 26.2 Å². The molecule has 144 valence electrons. The fraction of sp³-hybridized carbons (Fsp3) is 0.150. The molecule has 1 aromatic heterocycles. The molecule has 0 atom stereocenters. The van der Waals surface area contributed by atoms with E-state index in [1.54, 1.807) is 44.2 Å². The summed E-state index contributed by atoms with van der Waals surface area (Å²) in [6.45, 7) is 3.06. The molecule has 8 heteroatoms. The summed E-state index contributed by atoms with van der Waals surface area (Å²) in [6, 6.07) is 11.2. The van der Waals surface area contributed by atoms with Gasteiger partial charge in [-0.3, -0.25) is 14.2 Å². The van der Waals surface area contributed by atoms with E-state index in [0.717, 1.165) is 0 Å². The summed E-state index contributed by atoms with van der Waals surface area (Å²) in [7, 11) is 0. The van der Waals surface area contributed by atoms with Gasteiger partial charge in [0.25, 0.3) is 5.56 Å². The van der Waals surface area contributed by atoms with Crippen molar-refractivity contribution in [2.24, 2.45) is 0 Å². The second kappa shape index (κ2) is 8.24. The maximum atomic E-state index is 14.0.